The Kier molecular flexibility index (Phi) is 7.49. The summed E-state index contributed by atoms with van der Waals surface area (Å²) in [7, 11) is 0. The number of aromatic nitrogens is 2. The van der Waals surface area contributed by atoms with Crippen LogP contribution in [0.2, 0.25) is 5.02 Å². The number of halogens is 2. The van der Waals surface area contributed by atoms with Gasteiger partial charge in [0.25, 0.3) is 12.4 Å². The topological polar surface area (TPSA) is 137 Å². The predicted octanol–water partition coefficient (Wildman–Crippen LogP) is 1.91. The van der Waals surface area contributed by atoms with Crippen LogP contribution in [0.5, 0.6) is 0 Å². The highest BCUT2D eigenvalue weighted by Crippen LogP contribution is 2.28. The van der Waals surface area contributed by atoms with Crippen LogP contribution in [-0.2, 0) is 38.8 Å². The minimum Gasteiger partial charge on any atom is -0.463 e. The molecule has 3 N–H and O–H groups in total. The van der Waals surface area contributed by atoms with Gasteiger partial charge >= 0.3 is 0 Å². The van der Waals surface area contributed by atoms with Crippen molar-refractivity contribution in [3.8, 4) is 0 Å². The average molecular weight is 516 g/mol. The van der Waals surface area contributed by atoms with Crippen molar-refractivity contribution in [2.24, 2.45) is 5.73 Å². The number of ether oxygens (including phenoxy) is 1. The number of nitrogens with zero attached hydrogens (tertiary/aromatic N) is 3. The van der Waals surface area contributed by atoms with Gasteiger partial charge in [-0.1, -0.05) is 29.8 Å². The fourth-order valence-corrected chi connectivity index (χ4v) is 4.05. The van der Waals surface area contributed by atoms with Gasteiger partial charge in [0.2, 0.25) is 11.8 Å². The van der Waals surface area contributed by atoms with Crippen LogP contribution in [0.15, 0.2) is 36.4 Å². The summed E-state index contributed by atoms with van der Waals surface area (Å²) in [6.45, 7) is -0.207. The molecular formula is C24H23ClFN5O5. The van der Waals surface area contributed by atoms with Crippen molar-refractivity contribution in [3.05, 3.63) is 64.1 Å². The zero-order valence-corrected chi connectivity index (χ0v) is 19.8. The summed E-state index contributed by atoms with van der Waals surface area (Å²) in [5, 5.41) is 7.24. The third-order valence-corrected chi connectivity index (χ3v) is 6.07. The lowest BCUT2D eigenvalue weighted by molar-refractivity contribution is -0.137. The van der Waals surface area contributed by atoms with Crippen LogP contribution in [-0.4, -0.2) is 51.5 Å². The van der Waals surface area contributed by atoms with E-state index in [0.717, 1.165) is 12.8 Å². The van der Waals surface area contributed by atoms with E-state index in [-0.39, 0.29) is 54.5 Å². The van der Waals surface area contributed by atoms with Crippen LogP contribution >= 0.6 is 11.6 Å². The molecule has 0 radical (unpaired) electrons. The van der Waals surface area contributed by atoms with Crippen molar-refractivity contribution in [1.82, 2.24) is 20.0 Å². The van der Waals surface area contributed by atoms with E-state index >= 15 is 0 Å². The van der Waals surface area contributed by atoms with Crippen molar-refractivity contribution < 1.29 is 28.3 Å². The second kappa shape index (κ2) is 10.7. The van der Waals surface area contributed by atoms with Gasteiger partial charge in [0, 0.05) is 23.5 Å². The zero-order chi connectivity index (χ0) is 25.8. The fourth-order valence-electron chi connectivity index (χ4n) is 3.86. The fraction of sp³-hybridized carbons (Fsp3) is 0.292. The molecule has 0 bridgehead atoms. The zero-order valence-electron chi connectivity index (χ0n) is 19.1. The molecule has 1 aliphatic carbocycles. The highest BCUT2D eigenvalue weighted by molar-refractivity contribution is 6.30. The summed E-state index contributed by atoms with van der Waals surface area (Å²) < 4.78 is 20.2. The molecule has 0 unspecified atom stereocenters. The molecule has 0 spiro atoms. The maximum Gasteiger partial charge on any atom is 0.293 e. The molecule has 3 aromatic rings. The summed E-state index contributed by atoms with van der Waals surface area (Å²) in [4.78, 5) is 49.6. The first kappa shape index (κ1) is 25.1. The van der Waals surface area contributed by atoms with Crippen LogP contribution in [0.4, 0.5) is 4.39 Å². The van der Waals surface area contributed by atoms with Gasteiger partial charge in [0.05, 0.1) is 17.1 Å². The monoisotopic (exact) mass is 515 g/mol. The number of amides is 3. The first-order chi connectivity index (χ1) is 17.3. The van der Waals surface area contributed by atoms with Crippen LogP contribution in [0, 0.1) is 5.82 Å². The Bertz CT molecular complexity index is 1340. The lowest BCUT2D eigenvalue weighted by Crippen LogP contribution is -2.43. The Labute approximate surface area is 210 Å². The number of hydrogen-bond donors (Lipinski definition) is 2. The van der Waals surface area contributed by atoms with E-state index in [9.17, 15) is 23.6 Å². The molecule has 10 nitrogen and oxygen atoms in total. The number of benzene rings is 2. The van der Waals surface area contributed by atoms with Gasteiger partial charge in [-0.15, -0.1) is 0 Å². The standard InChI is InChI=1S/C24H23ClFN5O5/c25-18-3-1-2-15(22(18)26)9-28-20(33)10-30(16-5-6-16)21(34)11-31-19-8-14(12-36-13-32)4-7-17(19)23(29-31)24(27)35/h1-4,7-8,13,16H,5-6,9-12H2,(H2,27,35)(H,28,33). The lowest BCUT2D eigenvalue weighted by Gasteiger charge is -2.22. The minimum atomic E-state index is -0.755. The van der Waals surface area contributed by atoms with Crippen molar-refractivity contribution in [1.29, 1.82) is 0 Å². The maximum atomic E-state index is 14.1. The molecule has 188 valence electrons. The first-order valence-electron chi connectivity index (χ1n) is 11.1. The van der Waals surface area contributed by atoms with Crippen molar-refractivity contribution in [2.45, 2.75) is 38.6 Å². The number of primary amides is 1. The number of rotatable bonds is 11. The molecule has 12 heteroatoms. The molecule has 1 aliphatic rings. The highest BCUT2D eigenvalue weighted by atomic mass is 35.5. The normalized spacial score (nSPS) is 12.8. The Morgan fingerprint density at radius 1 is 1.28 bits per heavy atom. The van der Waals surface area contributed by atoms with Crippen molar-refractivity contribution >= 4 is 46.7 Å². The van der Waals surface area contributed by atoms with Gasteiger partial charge in [-0.2, -0.15) is 5.10 Å². The summed E-state index contributed by atoms with van der Waals surface area (Å²) in [6, 6.07) is 9.34. The molecule has 36 heavy (non-hydrogen) atoms. The molecule has 1 aromatic heterocycles. The van der Waals surface area contributed by atoms with E-state index in [0.29, 0.717) is 22.9 Å². The summed E-state index contributed by atoms with van der Waals surface area (Å²) in [5.41, 5.74) is 6.78. The summed E-state index contributed by atoms with van der Waals surface area (Å²) >= 11 is 5.78. The molecule has 2 aromatic carbocycles. The van der Waals surface area contributed by atoms with E-state index in [1.54, 1.807) is 24.3 Å². The van der Waals surface area contributed by atoms with Crippen LogP contribution in [0.3, 0.4) is 0 Å². The number of carbonyl (C=O) groups excluding carboxylic acids is 4. The number of nitrogens with one attached hydrogen (secondary N) is 1. The largest absolute Gasteiger partial charge is 0.463 e. The summed E-state index contributed by atoms with van der Waals surface area (Å²) in [6.07, 6.45) is 1.50. The number of nitrogens with two attached hydrogens (primary N) is 1. The SMILES string of the molecule is NC(=O)c1nn(CC(=O)N(CC(=O)NCc2cccc(Cl)c2F)C2CC2)c2cc(COC=O)ccc12. The first-order valence-corrected chi connectivity index (χ1v) is 11.5. The van der Waals surface area contributed by atoms with E-state index in [1.807, 2.05) is 0 Å². The third kappa shape index (κ3) is 5.62. The second-order valence-corrected chi connectivity index (χ2v) is 8.78. The molecule has 4 rings (SSSR count). The third-order valence-electron chi connectivity index (χ3n) is 5.78. The van der Waals surface area contributed by atoms with Gasteiger partial charge < -0.3 is 20.7 Å². The molecule has 1 heterocycles. The van der Waals surface area contributed by atoms with E-state index in [4.69, 9.17) is 22.1 Å². The average Bonchev–Trinajstić information content (AvgIpc) is 3.63. The molecule has 0 atom stereocenters. The van der Waals surface area contributed by atoms with Gasteiger partial charge in [-0.3, -0.25) is 23.9 Å². The number of fused-ring (bicyclic) bond motifs is 1. The van der Waals surface area contributed by atoms with E-state index in [2.05, 4.69) is 10.4 Å². The molecule has 0 aliphatic heterocycles. The number of hydrogen-bond acceptors (Lipinski definition) is 6. The van der Waals surface area contributed by atoms with Crippen molar-refractivity contribution in [3.63, 3.8) is 0 Å². The quantitative estimate of drug-likeness (QED) is 0.374. The van der Waals surface area contributed by atoms with Crippen molar-refractivity contribution in [2.75, 3.05) is 6.54 Å². The molecule has 0 saturated heterocycles. The Balaban J connectivity index is 1.49. The number of carbonyl (C=O) groups is 4. The lowest BCUT2D eigenvalue weighted by atomic mass is 10.1. The van der Waals surface area contributed by atoms with E-state index < -0.39 is 17.6 Å². The summed E-state index contributed by atoms with van der Waals surface area (Å²) in [5.74, 6) is -2.19. The Hall–Kier alpha value is -3.99. The highest BCUT2D eigenvalue weighted by Gasteiger charge is 2.34. The molecule has 3 amide bonds. The van der Waals surface area contributed by atoms with E-state index in [1.165, 1.54) is 21.7 Å². The van der Waals surface area contributed by atoms with Crippen LogP contribution in [0.25, 0.3) is 10.9 Å². The predicted molar refractivity (Wildman–Crippen MR) is 127 cm³/mol. The smallest absolute Gasteiger partial charge is 0.293 e. The Morgan fingerprint density at radius 2 is 2.06 bits per heavy atom. The van der Waals surface area contributed by atoms with Gasteiger partial charge in [0.15, 0.2) is 5.69 Å². The maximum absolute atomic E-state index is 14.1. The van der Waals surface area contributed by atoms with Gasteiger partial charge in [-0.05, 0) is 36.6 Å². The van der Waals surface area contributed by atoms with Gasteiger partial charge in [0.1, 0.15) is 19.0 Å². The van der Waals surface area contributed by atoms with Crippen LogP contribution < -0.4 is 11.1 Å². The van der Waals surface area contributed by atoms with Crippen LogP contribution in [0.1, 0.15) is 34.5 Å². The second-order valence-electron chi connectivity index (χ2n) is 8.37. The molecular weight excluding hydrogens is 493 g/mol. The molecule has 1 saturated carbocycles. The Morgan fingerprint density at radius 3 is 2.75 bits per heavy atom. The molecule has 1 fully saturated rings. The minimum absolute atomic E-state index is 0.0000748. The van der Waals surface area contributed by atoms with Gasteiger partial charge in [-0.25, -0.2) is 4.39 Å².